The molecule has 0 unspecified atom stereocenters. The first-order chi connectivity index (χ1) is 8.19. The number of rotatable bonds is 3. The third-order valence-corrected chi connectivity index (χ3v) is 3.40. The Morgan fingerprint density at radius 3 is 2.65 bits per heavy atom. The van der Waals surface area contributed by atoms with Crippen molar-refractivity contribution in [1.82, 2.24) is 9.97 Å². The first-order valence-electron chi connectivity index (χ1n) is 5.05. The summed E-state index contributed by atoms with van der Waals surface area (Å²) >= 11 is 7.28. The third kappa shape index (κ3) is 3.19. The number of aromatic nitrogens is 2. The Kier molecular flexibility index (Phi) is 3.99. The molecule has 0 saturated carbocycles. The fourth-order valence-corrected chi connectivity index (χ4v) is 2.30. The van der Waals surface area contributed by atoms with E-state index >= 15 is 0 Å². The molecule has 0 aliphatic carbocycles. The van der Waals surface area contributed by atoms with Gasteiger partial charge in [-0.2, -0.15) is 0 Å². The molecule has 0 saturated heterocycles. The van der Waals surface area contributed by atoms with Gasteiger partial charge >= 0.3 is 0 Å². The normalized spacial score (nSPS) is 10.5. The van der Waals surface area contributed by atoms with Crippen LogP contribution in [0.25, 0.3) is 0 Å². The Hall–Kier alpha value is -1.10. The van der Waals surface area contributed by atoms with E-state index in [1.54, 1.807) is 24.5 Å². The summed E-state index contributed by atoms with van der Waals surface area (Å²) in [6.45, 7) is 1.89. The molecule has 0 fully saturated rings. The van der Waals surface area contributed by atoms with Gasteiger partial charge in [0.2, 0.25) is 0 Å². The van der Waals surface area contributed by atoms with E-state index < -0.39 is 0 Å². The molecule has 5 heteroatoms. The molecule has 0 radical (unpaired) electrons. The molecular formula is C12H11ClN2OS. The smallest absolute Gasteiger partial charge is 0.192 e. The van der Waals surface area contributed by atoms with E-state index in [9.17, 15) is 5.11 Å². The Labute approximate surface area is 109 Å². The van der Waals surface area contributed by atoms with E-state index in [4.69, 9.17) is 11.6 Å². The standard InChI is InChI=1S/C12H11ClN2OS/c1-8-5-14-12(15-6-8)17-11-3-2-10(13)4-9(11)7-16/h2-6,16H,7H2,1H3. The number of aliphatic hydroxyl groups excluding tert-OH is 1. The van der Waals surface area contributed by atoms with Gasteiger partial charge in [0.1, 0.15) is 0 Å². The lowest BCUT2D eigenvalue weighted by Gasteiger charge is -2.06. The predicted octanol–water partition coefficient (Wildman–Crippen LogP) is 3.08. The van der Waals surface area contributed by atoms with Crippen LogP contribution in [-0.2, 0) is 6.61 Å². The van der Waals surface area contributed by atoms with Gasteiger partial charge in [0.25, 0.3) is 0 Å². The fourth-order valence-electron chi connectivity index (χ4n) is 1.30. The zero-order chi connectivity index (χ0) is 12.3. The molecule has 88 valence electrons. The summed E-state index contributed by atoms with van der Waals surface area (Å²) in [6.07, 6.45) is 3.54. The third-order valence-electron chi connectivity index (χ3n) is 2.15. The number of halogens is 1. The van der Waals surface area contributed by atoms with E-state index in [1.165, 1.54) is 11.8 Å². The van der Waals surface area contributed by atoms with Crippen LogP contribution in [0.15, 0.2) is 40.6 Å². The first-order valence-corrected chi connectivity index (χ1v) is 6.24. The van der Waals surface area contributed by atoms with Crippen LogP contribution in [0, 0.1) is 6.92 Å². The van der Waals surface area contributed by atoms with Crippen molar-refractivity contribution < 1.29 is 5.11 Å². The van der Waals surface area contributed by atoms with E-state index in [2.05, 4.69) is 9.97 Å². The molecule has 0 spiro atoms. The predicted molar refractivity (Wildman–Crippen MR) is 68.3 cm³/mol. The quantitative estimate of drug-likeness (QED) is 0.868. The SMILES string of the molecule is Cc1cnc(Sc2ccc(Cl)cc2CO)nc1. The van der Waals surface area contributed by atoms with E-state index in [0.717, 1.165) is 16.0 Å². The van der Waals surface area contributed by atoms with Gasteiger partial charge < -0.3 is 5.11 Å². The Morgan fingerprint density at radius 2 is 2.00 bits per heavy atom. The van der Waals surface area contributed by atoms with Crippen molar-refractivity contribution in [3.63, 3.8) is 0 Å². The number of nitrogens with zero attached hydrogens (tertiary/aromatic N) is 2. The Balaban J connectivity index is 2.26. The van der Waals surface area contributed by atoms with Gasteiger partial charge in [0, 0.05) is 22.3 Å². The number of hydrogen-bond acceptors (Lipinski definition) is 4. The van der Waals surface area contributed by atoms with E-state index in [1.807, 2.05) is 13.0 Å². The summed E-state index contributed by atoms with van der Waals surface area (Å²) in [7, 11) is 0. The van der Waals surface area contributed by atoms with Gasteiger partial charge in [-0.3, -0.25) is 0 Å². The second-order valence-corrected chi connectivity index (χ2v) is 5.00. The maximum Gasteiger partial charge on any atom is 0.192 e. The topological polar surface area (TPSA) is 46.0 Å². The van der Waals surface area contributed by atoms with Crippen molar-refractivity contribution in [2.75, 3.05) is 0 Å². The lowest BCUT2D eigenvalue weighted by atomic mass is 10.2. The van der Waals surface area contributed by atoms with E-state index in [-0.39, 0.29) is 6.61 Å². The maximum absolute atomic E-state index is 9.25. The largest absolute Gasteiger partial charge is 0.392 e. The molecule has 1 N–H and O–H groups in total. The lowest BCUT2D eigenvalue weighted by molar-refractivity contribution is 0.279. The van der Waals surface area contributed by atoms with Gasteiger partial charge in [0.05, 0.1) is 6.61 Å². The summed E-state index contributed by atoms with van der Waals surface area (Å²) in [6, 6.07) is 5.40. The highest BCUT2D eigenvalue weighted by Crippen LogP contribution is 2.29. The van der Waals surface area contributed by atoms with Crippen molar-refractivity contribution >= 4 is 23.4 Å². The van der Waals surface area contributed by atoms with Crippen molar-refractivity contribution in [3.8, 4) is 0 Å². The van der Waals surface area contributed by atoms with Crippen LogP contribution in [-0.4, -0.2) is 15.1 Å². The van der Waals surface area contributed by atoms with Crippen LogP contribution < -0.4 is 0 Å². The van der Waals surface area contributed by atoms with Crippen molar-refractivity contribution in [2.24, 2.45) is 0 Å². The van der Waals surface area contributed by atoms with Crippen molar-refractivity contribution in [2.45, 2.75) is 23.6 Å². The Bertz CT molecular complexity index is 516. The van der Waals surface area contributed by atoms with Gasteiger partial charge in [-0.05, 0) is 48.0 Å². The summed E-state index contributed by atoms with van der Waals surface area (Å²) in [5.41, 5.74) is 1.81. The van der Waals surface area contributed by atoms with Gasteiger partial charge in [-0.15, -0.1) is 0 Å². The monoisotopic (exact) mass is 266 g/mol. The molecule has 2 rings (SSSR count). The first kappa shape index (κ1) is 12.4. The molecule has 1 aromatic carbocycles. The maximum atomic E-state index is 9.25. The minimum absolute atomic E-state index is 0.0469. The summed E-state index contributed by atoms with van der Waals surface area (Å²) < 4.78 is 0. The van der Waals surface area contributed by atoms with Crippen LogP contribution in [0.2, 0.25) is 5.02 Å². The average Bonchev–Trinajstić information content (AvgIpc) is 2.34. The molecule has 0 amide bonds. The number of benzene rings is 1. The van der Waals surface area contributed by atoms with Crippen LogP contribution >= 0.6 is 23.4 Å². The molecule has 0 aliphatic heterocycles. The zero-order valence-corrected chi connectivity index (χ0v) is 10.8. The average molecular weight is 267 g/mol. The summed E-state index contributed by atoms with van der Waals surface area (Å²) in [5.74, 6) is 0. The molecule has 0 bridgehead atoms. The van der Waals surface area contributed by atoms with Gasteiger partial charge in [-0.25, -0.2) is 9.97 Å². The number of aliphatic hydroxyl groups is 1. The van der Waals surface area contributed by atoms with Gasteiger partial charge in [0.15, 0.2) is 5.16 Å². The lowest BCUT2D eigenvalue weighted by Crippen LogP contribution is -1.90. The molecule has 0 atom stereocenters. The molecule has 2 aromatic rings. The molecule has 0 aliphatic rings. The van der Waals surface area contributed by atoms with Crippen molar-refractivity contribution in [3.05, 3.63) is 46.7 Å². The molecule has 1 aromatic heterocycles. The Morgan fingerprint density at radius 1 is 1.29 bits per heavy atom. The number of hydrogen-bond donors (Lipinski definition) is 1. The second kappa shape index (κ2) is 5.49. The summed E-state index contributed by atoms with van der Waals surface area (Å²) in [4.78, 5) is 9.33. The number of aryl methyl sites for hydroxylation is 1. The minimum Gasteiger partial charge on any atom is -0.392 e. The molecular weight excluding hydrogens is 256 g/mol. The van der Waals surface area contributed by atoms with Crippen LogP contribution in [0.4, 0.5) is 0 Å². The fraction of sp³-hybridized carbons (Fsp3) is 0.167. The highest BCUT2D eigenvalue weighted by molar-refractivity contribution is 7.99. The molecule has 3 nitrogen and oxygen atoms in total. The molecule has 17 heavy (non-hydrogen) atoms. The zero-order valence-electron chi connectivity index (χ0n) is 9.22. The van der Waals surface area contributed by atoms with Gasteiger partial charge in [-0.1, -0.05) is 11.6 Å². The summed E-state index contributed by atoms with van der Waals surface area (Å²) in [5, 5.41) is 10.5. The highest BCUT2D eigenvalue weighted by atomic mass is 35.5. The van der Waals surface area contributed by atoms with Crippen LogP contribution in [0.3, 0.4) is 0 Å². The van der Waals surface area contributed by atoms with Crippen molar-refractivity contribution in [1.29, 1.82) is 0 Å². The van der Waals surface area contributed by atoms with E-state index in [0.29, 0.717) is 10.2 Å². The molecule has 1 heterocycles. The van der Waals surface area contributed by atoms with Crippen LogP contribution in [0.1, 0.15) is 11.1 Å². The second-order valence-electron chi connectivity index (χ2n) is 3.56. The minimum atomic E-state index is -0.0469. The highest BCUT2D eigenvalue weighted by Gasteiger charge is 2.06. The van der Waals surface area contributed by atoms with Crippen LogP contribution in [0.5, 0.6) is 0 Å².